The van der Waals surface area contributed by atoms with Gasteiger partial charge < -0.3 is 5.21 Å². The quantitative estimate of drug-likeness (QED) is 0.465. The van der Waals surface area contributed by atoms with E-state index < -0.39 is 0 Å². The lowest BCUT2D eigenvalue weighted by Crippen LogP contribution is -2.31. The fraction of sp³-hybridized carbons (Fsp3) is 0.917. The molecule has 2 aliphatic carbocycles. The second-order valence-electron chi connectivity index (χ2n) is 5.35. The van der Waals surface area contributed by atoms with Crippen molar-refractivity contribution in [2.24, 2.45) is 16.5 Å². The van der Waals surface area contributed by atoms with Crippen LogP contribution in [-0.4, -0.2) is 10.9 Å². The molecule has 14 heavy (non-hydrogen) atoms. The van der Waals surface area contributed by atoms with Crippen LogP contribution in [0.4, 0.5) is 0 Å². The molecule has 2 nitrogen and oxygen atoms in total. The minimum Gasteiger partial charge on any atom is -0.411 e. The maximum Gasteiger partial charge on any atom is 0.0571 e. The smallest absolute Gasteiger partial charge is 0.0571 e. The fourth-order valence-electron chi connectivity index (χ4n) is 3.04. The van der Waals surface area contributed by atoms with Crippen molar-refractivity contribution >= 4 is 5.71 Å². The first-order valence-corrected chi connectivity index (χ1v) is 5.94. The predicted octanol–water partition coefficient (Wildman–Crippen LogP) is 3.59. The second kappa shape index (κ2) is 3.92. The van der Waals surface area contributed by atoms with Gasteiger partial charge in [0.25, 0.3) is 0 Å². The Bertz CT molecular complexity index is 214. The van der Waals surface area contributed by atoms with Gasteiger partial charge in [-0.15, -0.1) is 0 Å². The first-order valence-electron chi connectivity index (χ1n) is 5.94. The van der Waals surface area contributed by atoms with Gasteiger partial charge in [-0.2, -0.15) is 0 Å². The Hall–Kier alpha value is -0.530. The molecular formula is C12H21NO. The van der Waals surface area contributed by atoms with E-state index in [-0.39, 0.29) is 0 Å². The molecule has 0 unspecified atom stereocenters. The number of rotatable bonds is 0. The molecule has 2 heteroatoms. The molecule has 1 N–H and O–H groups in total. The first-order chi connectivity index (χ1) is 6.74. The molecule has 0 heterocycles. The minimum absolute atomic E-state index is 0.626. The molecule has 0 aromatic rings. The Morgan fingerprint density at radius 3 is 2.21 bits per heavy atom. The predicted molar refractivity (Wildman–Crippen MR) is 57.8 cm³/mol. The lowest BCUT2D eigenvalue weighted by molar-refractivity contribution is 0.125. The molecule has 2 rings (SSSR count). The van der Waals surface area contributed by atoms with Crippen LogP contribution >= 0.6 is 0 Å². The zero-order chi connectivity index (χ0) is 10.0. The Morgan fingerprint density at radius 1 is 1.14 bits per heavy atom. The summed E-state index contributed by atoms with van der Waals surface area (Å²) < 4.78 is 0. The number of hydrogen-bond donors (Lipinski definition) is 1. The Morgan fingerprint density at radius 2 is 1.71 bits per heavy atom. The van der Waals surface area contributed by atoms with Crippen LogP contribution in [-0.2, 0) is 0 Å². The highest BCUT2D eigenvalue weighted by atomic mass is 16.4. The molecule has 2 fully saturated rings. The third kappa shape index (κ3) is 1.94. The molecule has 0 radical (unpaired) electrons. The second-order valence-corrected chi connectivity index (χ2v) is 5.35. The van der Waals surface area contributed by atoms with Crippen molar-refractivity contribution in [3.8, 4) is 0 Å². The Balaban J connectivity index is 1.93. The summed E-state index contributed by atoms with van der Waals surface area (Å²) in [6, 6.07) is 0. The van der Waals surface area contributed by atoms with Gasteiger partial charge in [-0.1, -0.05) is 24.9 Å². The molecule has 0 amide bonds. The van der Waals surface area contributed by atoms with Crippen molar-refractivity contribution < 1.29 is 5.21 Å². The van der Waals surface area contributed by atoms with Crippen LogP contribution in [0.5, 0.6) is 0 Å². The normalized spacial score (nSPS) is 38.6. The standard InChI is InChI=1S/C12H21NO/c1-10-2-6-12(7-3-10)8-4-11(13-14)5-9-12/h10,14H,2-9H2,1H3. The Labute approximate surface area is 86.4 Å². The van der Waals surface area contributed by atoms with Gasteiger partial charge in [0.1, 0.15) is 0 Å². The van der Waals surface area contributed by atoms with E-state index >= 15 is 0 Å². The highest BCUT2D eigenvalue weighted by Crippen LogP contribution is 2.48. The van der Waals surface area contributed by atoms with Crippen LogP contribution in [0.2, 0.25) is 0 Å². The summed E-state index contributed by atoms with van der Waals surface area (Å²) in [5.74, 6) is 0.938. The summed E-state index contributed by atoms with van der Waals surface area (Å²) in [5, 5.41) is 12.1. The van der Waals surface area contributed by atoms with E-state index in [0.717, 1.165) is 24.5 Å². The van der Waals surface area contributed by atoms with Gasteiger partial charge >= 0.3 is 0 Å². The molecular weight excluding hydrogens is 174 g/mol. The van der Waals surface area contributed by atoms with E-state index in [9.17, 15) is 0 Å². The van der Waals surface area contributed by atoms with E-state index in [1.54, 1.807) is 0 Å². The Kier molecular flexibility index (Phi) is 2.80. The molecule has 0 bridgehead atoms. The number of hydrogen-bond acceptors (Lipinski definition) is 2. The molecule has 0 atom stereocenters. The van der Waals surface area contributed by atoms with Gasteiger partial charge in [-0.3, -0.25) is 0 Å². The van der Waals surface area contributed by atoms with Gasteiger partial charge in [-0.25, -0.2) is 0 Å². The van der Waals surface area contributed by atoms with Crippen molar-refractivity contribution in [2.75, 3.05) is 0 Å². The van der Waals surface area contributed by atoms with Crippen LogP contribution in [0, 0.1) is 11.3 Å². The van der Waals surface area contributed by atoms with Crippen molar-refractivity contribution in [1.82, 2.24) is 0 Å². The monoisotopic (exact) mass is 195 g/mol. The molecule has 1 spiro atoms. The van der Waals surface area contributed by atoms with E-state index in [1.807, 2.05) is 0 Å². The van der Waals surface area contributed by atoms with E-state index in [2.05, 4.69) is 12.1 Å². The van der Waals surface area contributed by atoms with Gasteiger partial charge in [0.15, 0.2) is 0 Å². The fourth-order valence-corrected chi connectivity index (χ4v) is 3.04. The summed E-state index contributed by atoms with van der Waals surface area (Å²) in [6.45, 7) is 2.37. The maximum absolute atomic E-state index is 8.71. The average Bonchev–Trinajstić information content (AvgIpc) is 2.24. The van der Waals surface area contributed by atoms with Crippen molar-refractivity contribution in [1.29, 1.82) is 0 Å². The molecule has 0 aromatic heterocycles. The van der Waals surface area contributed by atoms with Crippen LogP contribution in [0.25, 0.3) is 0 Å². The van der Waals surface area contributed by atoms with E-state index in [4.69, 9.17) is 5.21 Å². The lowest BCUT2D eigenvalue weighted by atomic mass is 9.63. The van der Waals surface area contributed by atoms with Crippen LogP contribution in [0.15, 0.2) is 5.16 Å². The molecule has 0 aromatic carbocycles. The zero-order valence-electron chi connectivity index (χ0n) is 9.13. The van der Waals surface area contributed by atoms with Gasteiger partial charge in [0.05, 0.1) is 5.71 Å². The van der Waals surface area contributed by atoms with Crippen molar-refractivity contribution in [3.63, 3.8) is 0 Å². The van der Waals surface area contributed by atoms with Gasteiger partial charge in [-0.05, 0) is 49.9 Å². The molecule has 2 aliphatic rings. The third-order valence-corrected chi connectivity index (χ3v) is 4.36. The lowest BCUT2D eigenvalue weighted by Gasteiger charge is -2.42. The highest BCUT2D eigenvalue weighted by molar-refractivity contribution is 5.84. The summed E-state index contributed by atoms with van der Waals surface area (Å²) in [7, 11) is 0. The maximum atomic E-state index is 8.71. The molecule has 2 saturated carbocycles. The zero-order valence-corrected chi connectivity index (χ0v) is 9.13. The van der Waals surface area contributed by atoms with Gasteiger partial charge in [0.2, 0.25) is 0 Å². The SMILES string of the molecule is CC1CCC2(CCC(=NO)CC2)CC1. The van der Waals surface area contributed by atoms with E-state index in [0.29, 0.717) is 5.41 Å². The topological polar surface area (TPSA) is 32.6 Å². The van der Waals surface area contributed by atoms with E-state index in [1.165, 1.54) is 38.5 Å². The van der Waals surface area contributed by atoms with Crippen molar-refractivity contribution in [3.05, 3.63) is 0 Å². The number of nitrogens with zero attached hydrogens (tertiary/aromatic N) is 1. The summed E-state index contributed by atoms with van der Waals surface area (Å²) in [4.78, 5) is 0. The van der Waals surface area contributed by atoms with Crippen LogP contribution in [0.1, 0.15) is 58.3 Å². The summed E-state index contributed by atoms with van der Waals surface area (Å²) in [5.41, 5.74) is 1.65. The molecule has 80 valence electrons. The first kappa shape index (κ1) is 10.0. The highest BCUT2D eigenvalue weighted by Gasteiger charge is 2.36. The largest absolute Gasteiger partial charge is 0.411 e. The summed E-state index contributed by atoms with van der Waals surface area (Å²) in [6.07, 6.45) is 10.2. The van der Waals surface area contributed by atoms with Crippen molar-refractivity contribution in [2.45, 2.75) is 58.3 Å². The molecule has 0 aliphatic heterocycles. The number of oxime groups is 1. The van der Waals surface area contributed by atoms with Crippen LogP contribution < -0.4 is 0 Å². The van der Waals surface area contributed by atoms with Gasteiger partial charge in [0, 0.05) is 0 Å². The average molecular weight is 195 g/mol. The third-order valence-electron chi connectivity index (χ3n) is 4.36. The minimum atomic E-state index is 0.626. The summed E-state index contributed by atoms with van der Waals surface area (Å²) >= 11 is 0. The molecule has 0 saturated heterocycles. The van der Waals surface area contributed by atoms with Crippen LogP contribution in [0.3, 0.4) is 0 Å².